The molecule has 3 aromatic rings. The molecule has 0 spiro atoms. The van der Waals surface area contributed by atoms with E-state index >= 15 is 0 Å². The Morgan fingerprint density at radius 1 is 1.00 bits per heavy atom. The number of nitrogens with one attached hydrogen (secondary N) is 2. The van der Waals surface area contributed by atoms with Crippen molar-refractivity contribution in [3.63, 3.8) is 0 Å². The Morgan fingerprint density at radius 3 is 2.50 bits per heavy atom. The van der Waals surface area contributed by atoms with E-state index in [1.807, 2.05) is 6.07 Å². The van der Waals surface area contributed by atoms with Crippen LogP contribution in [0.15, 0.2) is 67.0 Å². The van der Waals surface area contributed by atoms with Crippen molar-refractivity contribution in [2.24, 2.45) is 0 Å². The zero-order valence-corrected chi connectivity index (χ0v) is 12.7. The summed E-state index contributed by atoms with van der Waals surface area (Å²) in [6, 6.07) is 14.8. The van der Waals surface area contributed by atoms with Crippen molar-refractivity contribution in [3.8, 4) is 0 Å². The van der Waals surface area contributed by atoms with Crippen LogP contribution in [-0.2, 0) is 6.54 Å². The summed E-state index contributed by atoms with van der Waals surface area (Å²) in [5.41, 5.74) is 2.06. The fourth-order valence-corrected chi connectivity index (χ4v) is 2.12. The van der Waals surface area contributed by atoms with E-state index in [0.717, 1.165) is 11.3 Å². The molecule has 1 amide bonds. The standard InChI is InChI=1S/C18H15FN4O/c19-15-7-5-13(6-8-15)12-22-17(24)14-3-1-4-16(11-14)23-18-20-9-2-10-21-18/h1-11H,12H2,(H,22,24)(H,20,21,23). The first-order valence-electron chi connectivity index (χ1n) is 7.37. The summed E-state index contributed by atoms with van der Waals surface area (Å²) >= 11 is 0. The normalized spacial score (nSPS) is 10.2. The molecule has 0 aliphatic carbocycles. The maximum absolute atomic E-state index is 12.9. The molecule has 1 aromatic heterocycles. The number of benzene rings is 2. The van der Waals surface area contributed by atoms with E-state index < -0.39 is 0 Å². The molecule has 0 aliphatic rings. The number of hydrogen-bond acceptors (Lipinski definition) is 4. The first-order valence-corrected chi connectivity index (χ1v) is 7.37. The Labute approximate surface area is 138 Å². The first kappa shape index (κ1) is 15.6. The van der Waals surface area contributed by atoms with Crippen LogP contribution in [-0.4, -0.2) is 15.9 Å². The van der Waals surface area contributed by atoms with Gasteiger partial charge in [-0.1, -0.05) is 18.2 Å². The lowest BCUT2D eigenvalue weighted by molar-refractivity contribution is 0.0951. The number of nitrogens with zero attached hydrogens (tertiary/aromatic N) is 2. The largest absolute Gasteiger partial charge is 0.348 e. The minimum absolute atomic E-state index is 0.211. The van der Waals surface area contributed by atoms with Gasteiger partial charge in [-0.25, -0.2) is 14.4 Å². The summed E-state index contributed by atoms with van der Waals surface area (Å²) in [5, 5.41) is 5.84. The molecule has 0 saturated carbocycles. The Bertz CT molecular complexity index is 822. The van der Waals surface area contributed by atoms with Crippen LogP contribution in [0.4, 0.5) is 16.0 Å². The number of carbonyl (C=O) groups excluding carboxylic acids is 1. The second-order valence-electron chi connectivity index (χ2n) is 5.09. The number of aromatic nitrogens is 2. The molecule has 0 unspecified atom stereocenters. The second-order valence-corrected chi connectivity index (χ2v) is 5.09. The van der Waals surface area contributed by atoms with Gasteiger partial charge in [0.15, 0.2) is 0 Å². The van der Waals surface area contributed by atoms with Crippen molar-refractivity contribution in [2.75, 3.05) is 5.32 Å². The summed E-state index contributed by atoms with van der Waals surface area (Å²) < 4.78 is 12.9. The molecule has 0 bridgehead atoms. The molecular weight excluding hydrogens is 307 g/mol. The third-order valence-corrected chi connectivity index (χ3v) is 3.31. The van der Waals surface area contributed by atoms with E-state index in [1.54, 1.807) is 48.8 Å². The minimum Gasteiger partial charge on any atom is -0.348 e. The lowest BCUT2D eigenvalue weighted by Gasteiger charge is -2.08. The van der Waals surface area contributed by atoms with E-state index in [0.29, 0.717) is 18.1 Å². The highest BCUT2D eigenvalue weighted by Gasteiger charge is 2.07. The van der Waals surface area contributed by atoms with Crippen molar-refractivity contribution in [1.82, 2.24) is 15.3 Å². The van der Waals surface area contributed by atoms with Crippen LogP contribution >= 0.6 is 0 Å². The fourth-order valence-electron chi connectivity index (χ4n) is 2.12. The van der Waals surface area contributed by atoms with Gasteiger partial charge in [-0.2, -0.15) is 0 Å². The number of halogens is 1. The third kappa shape index (κ3) is 4.13. The monoisotopic (exact) mass is 322 g/mol. The number of hydrogen-bond donors (Lipinski definition) is 2. The summed E-state index contributed by atoms with van der Waals surface area (Å²) in [5.74, 6) is -0.0506. The highest BCUT2D eigenvalue weighted by molar-refractivity contribution is 5.95. The fraction of sp³-hybridized carbons (Fsp3) is 0.0556. The number of anilines is 2. The van der Waals surface area contributed by atoms with Gasteiger partial charge >= 0.3 is 0 Å². The van der Waals surface area contributed by atoms with Crippen molar-refractivity contribution < 1.29 is 9.18 Å². The molecule has 24 heavy (non-hydrogen) atoms. The van der Waals surface area contributed by atoms with Crippen molar-refractivity contribution in [2.45, 2.75) is 6.54 Å². The van der Waals surface area contributed by atoms with Gasteiger partial charge in [-0.15, -0.1) is 0 Å². The van der Waals surface area contributed by atoms with Gasteiger partial charge in [0.2, 0.25) is 5.95 Å². The number of rotatable bonds is 5. The van der Waals surface area contributed by atoms with E-state index in [-0.39, 0.29) is 11.7 Å². The molecule has 5 nitrogen and oxygen atoms in total. The highest BCUT2D eigenvalue weighted by atomic mass is 19.1. The average Bonchev–Trinajstić information content (AvgIpc) is 2.62. The smallest absolute Gasteiger partial charge is 0.251 e. The Morgan fingerprint density at radius 2 is 1.75 bits per heavy atom. The molecule has 0 radical (unpaired) electrons. The van der Waals surface area contributed by atoms with E-state index in [2.05, 4.69) is 20.6 Å². The molecule has 0 aliphatic heterocycles. The van der Waals surface area contributed by atoms with Crippen LogP contribution in [0.1, 0.15) is 15.9 Å². The predicted octanol–water partition coefficient (Wildman–Crippen LogP) is 3.29. The summed E-state index contributed by atoms with van der Waals surface area (Å²) in [4.78, 5) is 20.4. The van der Waals surface area contributed by atoms with Crippen molar-refractivity contribution in [1.29, 1.82) is 0 Å². The van der Waals surface area contributed by atoms with Gasteiger partial charge in [0.1, 0.15) is 5.82 Å². The number of amides is 1. The molecule has 3 rings (SSSR count). The molecule has 1 heterocycles. The minimum atomic E-state index is -0.299. The lowest BCUT2D eigenvalue weighted by Crippen LogP contribution is -2.22. The van der Waals surface area contributed by atoms with Gasteiger partial charge in [-0.05, 0) is 42.0 Å². The molecule has 2 aromatic carbocycles. The van der Waals surface area contributed by atoms with Gasteiger partial charge in [-0.3, -0.25) is 4.79 Å². The molecule has 6 heteroatoms. The van der Waals surface area contributed by atoms with Gasteiger partial charge < -0.3 is 10.6 Å². The molecule has 0 atom stereocenters. The van der Waals surface area contributed by atoms with Crippen LogP contribution in [0.2, 0.25) is 0 Å². The predicted molar refractivity (Wildman–Crippen MR) is 89.3 cm³/mol. The average molecular weight is 322 g/mol. The summed E-state index contributed by atoms with van der Waals surface area (Å²) in [6.45, 7) is 0.332. The zero-order chi connectivity index (χ0) is 16.8. The lowest BCUT2D eigenvalue weighted by atomic mass is 10.1. The van der Waals surface area contributed by atoms with Gasteiger partial charge in [0.25, 0.3) is 5.91 Å². The molecule has 0 saturated heterocycles. The topological polar surface area (TPSA) is 66.9 Å². The second kappa shape index (κ2) is 7.32. The van der Waals surface area contributed by atoms with E-state index in [4.69, 9.17) is 0 Å². The first-order chi connectivity index (χ1) is 11.7. The molecule has 120 valence electrons. The Kier molecular flexibility index (Phi) is 4.76. The van der Waals surface area contributed by atoms with Crippen LogP contribution in [0.5, 0.6) is 0 Å². The highest BCUT2D eigenvalue weighted by Crippen LogP contribution is 2.14. The molecule has 0 fully saturated rings. The van der Waals surface area contributed by atoms with Gasteiger partial charge in [0.05, 0.1) is 0 Å². The Balaban J connectivity index is 1.64. The maximum atomic E-state index is 12.9. The summed E-state index contributed by atoms with van der Waals surface area (Å²) in [7, 11) is 0. The Hall–Kier alpha value is -3.28. The van der Waals surface area contributed by atoms with E-state index in [9.17, 15) is 9.18 Å². The van der Waals surface area contributed by atoms with Crippen molar-refractivity contribution in [3.05, 3.63) is 83.9 Å². The quantitative estimate of drug-likeness (QED) is 0.756. The summed E-state index contributed by atoms with van der Waals surface area (Å²) in [6.07, 6.45) is 3.27. The maximum Gasteiger partial charge on any atom is 0.251 e. The zero-order valence-electron chi connectivity index (χ0n) is 12.7. The molecular formula is C18H15FN4O. The number of carbonyl (C=O) groups is 1. The van der Waals surface area contributed by atoms with Crippen LogP contribution in [0.3, 0.4) is 0 Å². The third-order valence-electron chi connectivity index (χ3n) is 3.31. The van der Waals surface area contributed by atoms with Crippen LogP contribution in [0.25, 0.3) is 0 Å². The molecule has 2 N–H and O–H groups in total. The van der Waals surface area contributed by atoms with Gasteiger partial charge in [0, 0.05) is 30.2 Å². The van der Waals surface area contributed by atoms with Crippen LogP contribution in [0, 0.1) is 5.82 Å². The van der Waals surface area contributed by atoms with E-state index in [1.165, 1.54) is 12.1 Å². The van der Waals surface area contributed by atoms with Crippen molar-refractivity contribution >= 4 is 17.5 Å². The van der Waals surface area contributed by atoms with Crippen LogP contribution < -0.4 is 10.6 Å². The SMILES string of the molecule is O=C(NCc1ccc(F)cc1)c1cccc(Nc2ncccn2)c1.